The van der Waals surface area contributed by atoms with Gasteiger partial charge in [0.05, 0.1) is 37.9 Å². The Kier molecular flexibility index (Phi) is 7.54. The third-order valence-corrected chi connectivity index (χ3v) is 18.5. The Bertz CT molecular complexity index is 3790. The van der Waals surface area contributed by atoms with Crippen LogP contribution in [-0.2, 0) is 56.8 Å². The second-order valence-corrected chi connectivity index (χ2v) is 21.3. The Morgan fingerprint density at radius 1 is 0.307 bits per heavy atom. The highest BCUT2D eigenvalue weighted by Crippen LogP contribution is 2.73. The van der Waals surface area contributed by atoms with Gasteiger partial charge >= 0.3 is 0 Å². The van der Waals surface area contributed by atoms with Crippen molar-refractivity contribution in [2.75, 3.05) is 19.6 Å². The van der Waals surface area contributed by atoms with Crippen molar-refractivity contribution >= 4 is 64.6 Å². The van der Waals surface area contributed by atoms with Gasteiger partial charge in [-0.25, -0.2) is 0 Å². The van der Waals surface area contributed by atoms with Gasteiger partial charge in [0, 0.05) is 102 Å². The van der Waals surface area contributed by atoms with Gasteiger partial charge in [0.2, 0.25) is 0 Å². The molecule has 368 valence electrons. The van der Waals surface area contributed by atoms with Crippen LogP contribution < -0.4 is 0 Å². The van der Waals surface area contributed by atoms with Crippen LogP contribution in [0.4, 0.5) is 0 Å². The summed E-state index contributed by atoms with van der Waals surface area (Å²) < 4.78 is 85.8. The third kappa shape index (κ3) is 4.39. The van der Waals surface area contributed by atoms with E-state index < -0.39 is 111 Å². The molecule has 18 atom stereocenters. The summed E-state index contributed by atoms with van der Waals surface area (Å²) in [5.74, 6) is 8.53. The fraction of sp³-hybridized carbons (Fsp3) is 0.444. The average Bonchev–Trinajstić information content (AvgIpc) is 3.47. The quantitative estimate of drug-likeness (QED) is 0.0327. The molecular weight excluding hydrogens is 967 g/mol. The zero-order valence-corrected chi connectivity index (χ0v) is 38.8. The summed E-state index contributed by atoms with van der Waals surface area (Å²) in [6, 6.07) is 0. The van der Waals surface area contributed by atoms with Crippen molar-refractivity contribution in [3.63, 3.8) is 0 Å². The fourth-order valence-electron chi connectivity index (χ4n) is 16.4. The Hall–Kier alpha value is -6.99. The van der Waals surface area contributed by atoms with Crippen LogP contribution in [0.3, 0.4) is 0 Å². The van der Waals surface area contributed by atoms with Gasteiger partial charge < -0.3 is 56.8 Å². The number of terminal acetylenes is 3. The molecule has 0 radical (unpaired) electrons. The molecule has 0 spiro atoms. The topological polar surface area (TPSA) is 257 Å². The van der Waals surface area contributed by atoms with Crippen molar-refractivity contribution in [3.05, 3.63) is 98.1 Å². The monoisotopic (exact) mass is 1000 g/mol. The summed E-state index contributed by atoms with van der Waals surface area (Å²) in [6.07, 6.45) is 3.97. The fourth-order valence-corrected chi connectivity index (χ4v) is 16.4. The molecular formula is C54H35N9O12. The van der Waals surface area contributed by atoms with E-state index in [1.165, 1.54) is 0 Å². The van der Waals surface area contributed by atoms with Gasteiger partial charge in [0.25, 0.3) is 0 Å². The maximum atomic E-state index is 9.79. The minimum Gasteiger partial charge on any atom is -0.342 e. The summed E-state index contributed by atoms with van der Waals surface area (Å²) in [7, 11) is 0. The molecule has 21 heteroatoms. The predicted molar refractivity (Wildman–Crippen MR) is 258 cm³/mol. The summed E-state index contributed by atoms with van der Waals surface area (Å²) in [4.78, 5) is 9.49. The van der Waals surface area contributed by atoms with E-state index >= 15 is 0 Å². The van der Waals surface area contributed by atoms with Crippen LogP contribution in [0.5, 0.6) is 0 Å². The molecule has 12 aliphatic rings. The van der Waals surface area contributed by atoms with Crippen LogP contribution in [0.25, 0.3) is 96.0 Å². The van der Waals surface area contributed by atoms with Gasteiger partial charge in [-0.15, -0.1) is 37.0 Å². The zero-order chi connectivity index (χ0) is 49.3. The maximum Gasteiger partial charge on any atom is 0.186 e. The molecule has 0 aliphatic carbocycles. The molecule has 0 saturated heterocycles. The van der Waals surface area contributed by atoms with E-state index in [2.05, 4.69) is 47.8 Å². The number of azide groups is 3. The summed E-state index contributed by atoms with van der Waals surface area (Å²) in [6.45, 7) is -0.231. The lowest BCUT2D eigenvalue weighted by Gasteiger charge is -2.56. The van der Waals surface area contributed by atoms with Crippen molar-refractivity contribution in [2.24, 2.45) is 15.3 Å². The number of ether oxygens (including phenoxy) is 12. The first-order valence-electron chi connectivity index (χ1n) is 25.1. The van der Waals surface area contributed by atoms with Gasteiger partial charge in [0.15, 0.2) is 37.7 Å². The summed E-state index contributed by atoms with van der Waals surface area (Å²) in [5.41, 5.74) is 39.3. The van der Waals surface area contributed by atoms with Crippen LogP contribution in [0, 0.1) is 37.0 Å². The number of hydrogen-bond acceptors (Lipinski definition) is 15. The molecule has 21 nitrogen and oxygen atoms in total. The summed E-state index contributed by atoms with van der Waals surface area (Å²) in [5, 5.41) is 23.6. The van der Waals surface area contributed by atoms with Gasteiger partial charge in [-0.2, -0.15) is 0 Å². The number of benzene rings is 7. The molecule has 18 unspecified atom stereocenters. The molecule has 7 aromatic carbocycles. The highest BCUT2D eigenvalue weighted by Gasteiger charge is 2.62. The molecule has 12 heterocycles. The number of rotatable bonds is 9. The van der Waals surface area contributed by atoms with Gasteiger partial charge in [-0.05, 0) is 81.2 Å². The SMILES string of the molecule is C#CCC1OC2OC3c4c5c6c7c8c9c%10c%11c%12c%13c%14c%15c%16c%17c%18c(c2c4c2c%18c%15c%12c9c62)C1OC%17OC(CN=[N+]=[N-])C%16OC%14OC(CC#C)C%13OC%11OC(CN=[N+]=[N-])C%10OC8OC(CC#C)C7OC5OC3CN=[N+]=[N-].[2HH]. The maximum absolute atomic E-state index is 9.79. The van der Waals surface area contributed by atoms with E-state index in [-0.39, 0.29) is 40.3 Å². The lowest BCUT2D eigenvalue weighted by molar-refractivity contribution is -0.324. The smallest absolute Gasteiger partial charge is 0.186 e. The lowest BCUT2D eigenvalue weighted by atomic mass is 9.64. The van der Waals surface area contributed by atoms with Crippen molar-refractivity contribution in [3.8, 4) is 37.0 Å². The largest absolute Gasteiger partial charge is 0.342 e. The molecule has 0 aromatic heterocycles. The third-order valence-electron chi connectivity index (χ3n) is 18.5. The molecule has 0 bridgehead atoms. The highest BCUT2D eigenvalue weighted by atomic mass is 16.8. The normalized spacial score (nSPS) is 37.2. The number of nitrogens with zero attached hydrogens (tertiary/aromatic N) is 9. The first-order valence-corrected chi connectivity index (χ1v) is 25.1. The van der Waals surface area contributed by atoms with E-state index in [0.717, 1.165) is 131 Å². The Morgan fingerprint density at radius 2 is 0.507 bits per heavy atom. The zero-order valence-electron chi connectivity index (χ0n) is 38.8. The summed E-state index contributed by atoms with van der Waals surface area (Å²) >= 11 is 0. The van der Waals surface area contributed by atoms with Crippen molar-refractivity contribution in [2.45, 2.75) is 130 Å². The molecule has 12 aliphatic heterocycles. The van der Waals surface area contributed by atoms with E-state index in [1.807, 2.05) is 0 Å². The van der Waals surface area contributed by atoms with Crippen LogP contribution in [0.1, 0.15) is 162 Å². The Morgan fingerprint density at radius 3 is 0.707 bits per heavy atom. The van der Waals surface area contributed by atoms with Gasteiger partial charge in [-0.1, -0.05) is 15.3 Å². The van der Waals surface area contributed by atoms with Crippen LogP contribution in [-0.4, -0.2) is 56.3 Å². The highest BCUT2D eigenvalue weighted by molar-refractivity contribution is 6.48. The predicted octanol–water partition coefficient (Wildman–Crippen LogP) is 11.0. The Labute approximate surface area is 422 Å². The molecule has 0 fully saturated rings. The average molecular weight is 1000 g/mol. The second-order valence-electron chi connectivity index (χ2n) is 21.3. The standard InChI is InChI=1S/C54H33N9O12.H2/c1-4-7-13-43-31-25-19-22-20-24-21-23(19)29-35-40(25)52(70-43)67-17(11-59-62-56)47(35)74-50-38(29)33-27(21)42-36-30(24)39-32-26(20)41-34-28(22)37(31)49(64-13)73-46(34)16(10-58-61-55)68-53(41)71-44(32)14(8-5-2)66-51(39)75-48(36)18(12-60-63-57)69-54(42)72-45(33)15(65-50)9-6-3;/h1-3,13-18,43-54H,7-12H2;1H/i;1+1. The van der Waals surface area contributed by atoms with Crippen LogP contribution in [0.15, 0.2) is 15.3 Å². The molecule has 0 N–H and O–H groups in total. The first kappa shape index (κ1) is 41.3. The lowest BCUT2D eigenvalue weighted by Crippen LogP contribution is -2.48. The van der Waals surface area contributed by atoms with Crippen molar-refractivity contribution in [1.82, 2.24) is 0 Å². The van der Waals surface area contributed by atoms with Crippen molar-refractivity contribution < 1.29 is 58.3 Å². The molecule has 7 aromatic rings. The van der Waals surface area contributed by atoms with E-state index in [0.29, 0.717) is 0 Å². The number of hydrogen-bond donors (Lipinski definition) is 0. The van der Waals surface area contributed by atoms with Crippen LogP contribution >= 0.6 is 0 Å². The van der Waals surface area contributed by atoms with Gasteiger partial charge in [-0.3, -0.25) is 0 Å². The van der Waals surface area contributed by atoms with E-state index in [4.69, 9.17) is 76.1 Å². The first-order chi connectivity index (χ1) is 37.0. The van der Waals surface area contributed by atoms with E-state index in [1.54, 1.807) is 0 Å². The molecule has 75 heavy (non-hydrogen) atoms. The second kappa shape index (κ2) is 13.7. The molecule has 0 saturated carbocycles. The van der Waals surface area contributed by atoms with Crippen LogP contribution in [0.2, 0.25) is 0 Å². The minimum atomic E-state index is -0.981. The Balaban J connectivity index is 0.00000455. The van der Waals surface area contributed by atoms with Crippen molar-refractivity contribution in [1.29, 1.82) is 0 Å². The molecule has 19 rings (SSSR count). The van der Waals surface area contributed by atoms with Gasteiger partial charge in [0.1, 0.15) is 54.9 Å². The molecule has 0 amide bonds. The minimum absolute atomic E-state index is 0. The van der Waals surface area contributed by atoms with E-state index in [9.17, 15) is 16.6 Å².